The van der Waals surface area contributed by atoms with E-state index in [1.54, 1.807) is 36.4 Å². The maximum atomic E-state index is 15.3. The highest BCUT2D eigenvalue weighted by molar-refractivity contribution is 6.33. The van der Waals surface area contributed by atoms with Crippen LogP contribution in [0.3, 0.4) is 0 Å². The zero-order chi connectivity index (χ0) is 41.6. The van der Waals surface area contributed by atoms with Gasteiger partial charge in [0.15, 0.2) is 5.82 Å². The number of nitrogens with zero attached hydrogens (tertiary/aromatic N) is 4. The molecule has 18 heteroatoms. The first-order valence-electron chi connectivity index (χ1n) is 17.7. The topological polar surface area (TPSA) is 120 Å². The van der Waals surface area contributed by atoms with Gasteiger partial charge in [-0.05, 0) is 72.9 Å². The summed E-state index contributed by atoms with van der Waals surface area (Å²) in [6.45, 7) is 0. The second-order valence-electron chi connectivity index (χ2n) is 14.4. The van der Waals surface area contributed by atoms with Gasteiger partial charge in [-0.3, -0.25) is 24.2 Å². The summed E-state index contributed by atoms with van der Waals surface area (Å²) >= 11 is 12.6. The molecule has 8 rings (SSSR count). The van der Waals surface area contributed by atoms with Crippen LogP contribution in [0.15, 0.2) is 96.6 Å². The normalized spacial score (nSPS) is 25.7. The van der Waals surface area contributed by atoms with E-state index >= 15 is 4.79 Å². The molecule has 300 valence electrons. The Labute approximate surface area is 335 Å². The van der Waals surface area contributed by atoms with Crippen molar-refractivity contribution in [3.05, 3.63) is 123 Å². The lowest BCUT2D eigenvalue weighted by Crippen LogP contribution is -2.53. The Hall–Kier alpha value is -5.61. The van der Waals surface area contributed by atoms with Gasteiger partial charge in [-0.25, -0.2) is 9.88 Å². The summed E-state index contributed by atoms with van der Waals surface area (Å²) in [5, 5.41) is 12.9. The van der Waals surface area contributed by atoms with Crippen molar-refractivity contribution in [2.75, 3.05) is 17.0 Å². The summed E-state index contributed by atoms with van der Waals surface area (Å²) in [4.78, 5) is 63.5. The van der Waals surface area contributed by atoms with E-state index in [2.05, 4.69) is 9.72 Å². The number of amides is 4. The van der Waals surface area contributed by atoms with E-state index in [0.29, 0.717) is 11.1 Å². The number of hydrogen-bond donors (Lipinski definition) is 1. The van der Waals surface area contributed by atoms with Crippen molar-refractivity contribution < 1.29 is 55.4 Å². The average Bonchev–Trinajstić information content (AvgIpc) is 3.55. The molecule has 1 saturated carbocycles. The molecule has 3 fully saturated rings. The maximum Gasteiger partial charge on any atom is 0.573 e. The summed E-state index contributed by atoms with van der Waals surface area (Å²) in [7, 11) is 1.14. The van der Waals surface area contributed by atoms with Crippen molar-refractivity contribution in [2.24, 2.45) is 23.7 Å². The fourth-order valence-electron chi connectivity index (χ4n) is 9.24. The van der Waals surface area contributed by atoms with Gasteiger partial charge >= 0.3 is 12.5 Å². The standard InChI is InChI=1S/C40H28Cl2F6N4O6/c1-50(33-28(42)13-15-30(49-33)39(43,44)45)52-34(54)24-12-11-23-25(31(24)36(52)56)18-27-35(55)51(21-9-5-8-20(41)16-21)37(57)38(27,19-6-3-2-4-7-19)32(23)26-17-22(10-14-29(26)53)58-40(46,47)48/h2-11,13-17,24-25,27,31-32,53H,12,18H2,1H3. The molecule has 0 spiro atoms. The number of aromatic hydroxyl groups is 1. The molecule has 1 N–H and O–H groups in total. The predicted octanol–water partition coefficient (Wildman–Crippen LogP) is 8.23. The molecule has 6 unspecified atom stereocenters. The number of hydrogen-bond acceptors (Lipinski definition) is 8. The number of anilines is 2. The minimum atomic E-state index is -5.16. The largest absolute Gasteiger partial charge is 0.573 e. The number of rotatable bonds is 6. The summed E-state index contributed by atoms with van der Waals surface area (Å²) < 4.78 is 86.2. The number of pyridine rings is 1. The Balaban J connectivity index is 1.32. The van der Waals surface area contributed by atoms with Gasteiger partial charge in [0.25, 0.3) is 11.8 Å². The summed E-state index contributed by atoms with van der Waals surface area (Å²) in [6.07, 6.45) is -8.88. The number of halogens is 8. The molecule has 4 aromatic rings. The highest BCUT2D eigenvalue weighted by Crippen LogP contribution is 2.65. The lowest BCUT2D eigenvalue weighted by Gasteiger charge is -2.50. The molecule has 1 aromatic heterocycles. The molecular formula is C40H28Cl2F6N4O6. The van der Waals surface area contributed by atoms with E-state index in [0.717, 1.165) is 41.2 Å². The monoisotopic (exact) mass is 844 g/mol. The maximum absolute atomic E-state index is 15.3. The van der Waals surface area contributed by atoms with Gasteiger partial charge in [0.05, 0.1) is 33.9 Å². The lowest BCUT2D eigenvalue weighted by molar-refractivity contribution is -0.274. The van der Waals surface area contributed by atoms with Crippen molar-refractivity contribution in [3.63, 3.8) is 0 Å². The van der Waals surface area contributed by atoms with E-state index in [9.17, 15) is 45.8 Å². The Morgan fingerprint density at radius 3 is 2.26 bits per heavy atom. The van der Waals surface area contributed by atoms with Gasteiger partial charge in [-0.15, -0.1) is 13.2 Å². The number of aromatic nitrogens is 1. The minimum Gasteiger partial charge on any atom is -0.508 e. The van der Waals surface area contributed by atoms with Gasteiger partial charge in [0.2, 0.25) is 11.8 Å². The van der Waals surface area contributed by atoms with Crippen LogP contribution in [0.1, 0.15) is 35.6 Å². The highest BCUT2D eigenvalue weighted by atomic mass is 35.5. The molecule has 0 radical (unpaired) electrons. The molecular weight excluding hydrogens is 817 g/mol. The fraction of sp³-hybridized carbons (Fsp3) is 0.275. The summed E-state index contributed by atoms with van der Waals surface area (Å²) in [6, 6.07) is 18.3. The molecule has 4 amide bonds. The fourth-order valence-corrected chi connectivity index (χ4v) is 9.65. The molecule has 0 bridgehead atoms. The van der Waals surface area contributed by atoms with E-state index in [1.165, 1.54) is 24.3 Å². The Kier molecular flexibility index (Phi) is 9.30. The van der Waals surface area contributed by atoms with Crippen molar-refractivity contribution in [1.82, 2.24) is 9.99 Å². The number of allylic oxidation sites excluding steroid dienone is 2. The Morgan fingerprint density at radius 1 is 0.862 bits per heavy atom. The van der Waals surface area contributed by atoms with Gasteiger partial charge < -0.3 is 9.84 Å². The number of benzene rings is 3. The number of phenolic OH excluding ortho intramolecular Hbond substituents is 1. The molecule has 6 atom stereocenters. The number of carbonyl (C=O) groups is 4. The second kappa shape index (κ2) is 13.8. The molecule has 10 nitrogen and oxygen atoms in total. The number of phenols is 1. The van der Waals surface area contributed by atoms with Gasteiger partial charge in [-0.1, -0.05) is 71.2 Å². The first kappa shape index (κ1) is 39.2. The summed E-state index contributed by atoms with van der Waals surface area (Å²) in [5.41, 5.74) is -2.89. The van der Waals surface area contributed by atoms with Gasteiger partial charge in [-0.2, -0.15) is 18.2 Å². The average molecular weight is 846 g/mol. The van der Waals surface area contributed by atoms with Crippen LogP contribution in [-0.2, 0) is 30.8 Å². The van der Waals surface area contributed by atoms with Crippen molar-refractivity contribution in [3.8, 4) is 11.5 Å². The van der Waals surface area contributed by atoms with Crippen molar-refractivity contribution in [1.29, 1.82) is 0 Å². The third-order valence-corrected chi connectivity index (χ3v) is 11.9. The third kappa shape index (κ3) is 6.06. The molecule has 2 aliphatic carbocycles. The number of fused-ring (bicyclic) bond motifs is 4. The highest BCUT2D eigenvalue weighted by Gasteiger charge is 2.71. The molecule has 3 heterocycles. The molecule has 3 aromatic carbocycles. The first-order valence-corrected chi connectivity index (χ1v) is 18.4. The van der Waals surface area contributed by atoms with E-state index < -0.39 is 94.2 Å². The quantitative estimate of drug-likeness (QED) is 0.117. The molecule has 2 aliphatic heterocycles. The van der Waals surface area contributed by atoms with Crippen molar-refractivity contribution in [2.45, 2.75) is 36.7 Å². The SMILES string of the molecule is CN(c1nc(C(F)(F)F)ccc1Cl)N1C(=O)C2CC=C3C(CC4C(=O)N(c5cccc(Cl)c5)C(=O)C4(c4ccccc4)C3c3cc(OC(F)(F)F)ccc3O)C2C1=O. The smallest absolute Gasteiger partial charge is 0.508 e. The minimum absolute atomic E-state index is 0.0875. The summed E-state index contributed by atoms with van der Waals surface area (Å²) in [5.74, 6) is -11.3. The number of hydrazine groups is 1. The molecule has 4 aliphatic rings. The van der Waals surface area contributed by atoms with E-state index in [4.69, 9.17) is 23.2 Å². The molecule has 58 heavy (non-hydrogen) atoms. The van der Waals surface area contributed by atoms with Crippen LogP contribution >= 0.6 is 23.2 Å². The van der Waals surface area contributed by atoms with Gasteiger partial charge in [0, 0.05) is 23.6 Å². The molecule has 2 saturated heterocycles. The van der Waals surface area contributed by atoms with Crippen LogP contribution in [0.2, 0.25) is 10.0 Å². The zero-order valence-corrected chi connectivity index (χ0v) is 31.3. The first-order chi connectivity index (χ1) is 27.3. The zero-order valence-electron chi connectivity index (χ0n) is 29.8. The number of imide groups is 2. The van der Waals surface area contributed by atoms with Crippen molar-refractivity contribution >= 4 is 58.3 Å². The number of carbonyl (C=O) groups excluding carboxylic acids is 4. The van der Waals surface area contributed by atoms with Crippen LogP contribution in [0.4, 0.5) is 37.8 Å². The lowest BCUT2D eigenvalue weighted by atomic mass is 9.49. The number of ether oxygens (including phenoxy) is 1. The third-order valence-electron chi connectivity index (χ3n) is 11.4. The van der Waals surface area contributed by atoms with Crippen LogP contribution in [0, 0.1) is 23.7 Å². The van der Waals surface area contributed by atoms with Crippen LogP contribution in [-0.4, -0.2) is 52.1 Å². The van der Waals surface area contributed by atoms with E-state index in [1.807, 2.05) is 0 Å². The Bertz CT molecular complexity index is 2430. The second-order valence-corrected chi connectivity index (χ2v) is 15.2. The van der Waals surface area contributed by atoms with Crippen LogP contribution < -0.4 is 14.6 Å². The van der Waals surface area contributed by atoms with Crippen LogP contribution in [0.5, 0.6) is 11.5 Å². The number of alkyl halides is 6. The Morgan fingerprint density at radius 2 is 1.59 bits per heavy atom. The van der Waals surface area contributed by atoms with Gasteiger partial charge in [0.1, 0.15) is 17.2 Å². The van der Waals surface area contributed by atoms with E-state index in [-0.39, 0.29) is 45.3 Å². The van der Waals surface area contributed by atoms with Crippen LogP contribution in [0.25, 0.3) is 0 Å². The predicted molar refractivity (Wildman–Crippen MR) is 195 cm³/mol.